The molecule has 1 atom stereocenters. The van der Waals surface area contributed by atoms with Gasteiger partial charge in [0, 0.05) is 25.6 Å². The Morgan fingerprint density at radius 2 is 2.29 bits per heavy atom. The Morgan fingerprint density at radius 1 is 1.52 bits per heavy atom. The van der Waals surface area contributed by atoms with Crippen LogP contribution in [0.4, 0.5) is 15.8 Å². The maximum atomic E-state index is 14.0. The largest absolute Gasteiger partial charge is 0.481 e. The topological polar surface area (TPSA) is 83.7 Å². The summed E-state index contributed by atoms with van der Waals surface area (Å²) in [6.07, 6.45) is 2.47. The SMILES string of the molecule is O=C(O)CCC1CCCN(c2ccc([N+](=O)[O-])cc2F)C1. The van der Waals surface area contributed by atoms with E-state index < -0.39 is 16.7 Å². The molecule has 1 unspecified atom stereocenters. The third-order valence-corrected chi connectivity index (χ3v) is 3.77. The molecular formula is C14H17FN2O4. The summed E-state index contributed by atoms with van der Waals surface area (Å²) in [5.41, 5.74) is 0.0799. The molecule has 1 N–H and O–H groups in total. The van der Waals surface area contributed by atoms with Crippen LogP contribution in [0.1, 0.15) is 25.7 Å². The number of hydrogen-bond donors (Lipinski definition) is 1. The van der Waals surface area contributed by atoms with E-state index in [1.807, 2.05) is 4.90 Å². The Bertz CT molecular complexity index is 550. The first kappa shape index (κ1) is 15.2. The minimum absolute atomic E-state index is 0.112. The number of carboxylic acids is 1. The van der Waals surface area contributed by atoms with Crippen molar-refractivity contribution in [3.05, 3.63) is 34.1 Å². The minimum Gasteiger partial charge on any atom is -0.481 e. The van der Waals surface area contributed by atoms with Crippen molar-refractivity contribution in [2.45, 2.75) is 25.7 Å². The summed E-state index contributed by atoms with van der Waals surface area (Å²) in [5.74, 6) is -1.22. The van der Waals surface area contributed by atoms with Gasteiger partial charge >= 0.3 is 5.97 Å². The molecule has 0 bridgehead atoms. The second-order valence-corrected chi connectivity index (χ2v) is 5.28. The number of non-ortho nitro benzene ring substituents is 1. The Labute approximate surface area is 121 Å². The number of aliphatic carboxylic acids is 1. The van der Waals surface area contributed by atoms with Crippen molar-refractivity contribution >= 4 is 17.3 Å². The maximum absolute atomic E-state index is 14.0. The van der Waals surface area contributed by atoms with E-state index in [2.05, 4.69) is 0 Å². The number of anilines is 1. The van der Waals surface area contributed by atoms with E-state index in [0.29, 0.717) is 25.2 Å². The number of nitrogens with zero attached hydrogens (tertiary/aromatic N) is 2. The van der Waals surface area contributed by atoms with E-state index in [1.165, 1.54) is 12.1 Å². The van der Waals surface area contributed by atoms with Gasteiger partial charge in [0.05, 0.1) is 16.7 Å². The van der Waals surface area contributed by atoms with E-state index in [1.54, 1.807) is 0 Å². The predicted molar refractivity (Wildman–Crippen MR) is 74.9 cm³/mol. The van der Waals surface area contributed by atoms with Crippen molar-refractivity contribution in [2.75, 3.05) is 18.0 Å². The lowest BCUT2D eigenvalue weighted by atomic mass is 9.93. The fraction of sp³-hybridized carbons (Fsp3) is 0.500. The zero-order valence-corrected chi connectivity index (χ0v) is 11.5. The number of benzene rings is 1. The average molecular weight is 296 g/mol. The Hall–Kier alpha value is -2.18. The molecule has 2 rings (SSSR count). The molecule has 114 valence electrons. The fourth-order valence-electron chi connectivity index (χ4n) is 2.71. The van der Waals surface area contributed by atoms with Crippen LogP contribution >= 0.6 is 0 Å². The molecule has 1 aromatic rings. The Balaban J connectivity index is 2.07. The predicted octanol–water partition coefficient (Wildman–Crippen LogP) is 2.82. The van der Waals surface area contributed by atoms with Gasteiger partial charge in [0.25, 0.3) is 5.69 Å². The molecule has 1 aromatic carbocycles. The smallest absolute Gasteiger partial charge is 0.303 e. The van der Waals surface area contributed by atoms with Crippen LogP contribution in [-0.2, 0) is 4.79 Å². The summed E-state index contributed by atoms with van der Waals surface area (Å²) < 4.78 is 14.0. The highest BCUT2D eigenvalue weighted by molar-refractivity contribution is 5.66. The fourth-order valence-corrected chi connectivity index (χ4v) is 2.71. The third-order valence-electron chi connectivity index (χ3n) is 3.77. The first-order valence-corrected chi connectivity index (χ1v) is 6.88. The van der Waals surface area contributed by atoms with Gasteiger partial charge in [-0.05, 0) is 31.2 Å². The van der Waals surface area contributed by atoms with E-state index in [4.69, 9.17) is 5.11 Å². The quantitative estimate of drug-likeness (QED) is 0.667. The second-order valence-electron chi connectivity index (χ2n) is 5.28. The van der Waals surface area contributed by atoms with Crippen molar-refractivity contribution in [1.29, 1.82) is 0 Å². The number of carboxylic acid groups (broad SMARTS) is 1. The van der Waals surface area contributed by atoms with Crippen LogP contribution in [0.5, 0.6) is 0 Å². The Kier molecular flexibility index (Phi) is 4.72. The van der Waals surface area contributed by atoms with Crippen LogP contribution in [-0.4, -0.2) is 29.1 Å². The van der Waals surface area contributed by atoms with Crippen molar-refractivity contribution in [3.63, 3.8) is 0 Å². The first-order valence-electron chi connectivity index (χ1n) is 6.88. The molecule has 6 nitrogen and oxygen atoms in total. The van der Waals surface area contributed by atoms with Crippen LogP contribution in [0.3, 0.4) is 0 Å². The number of piperidine rings is 1. The number of hydrogen-bond acceptors (Lipinski definition) is 4. The highest BCUT2D eigenvalue weighted by Crippen LogP contribution is 2.29. The van der Waals surface area contributed by atoms with Crippen molar-refractivity contribution in [2.24, 2.45) is 5.92 Å². The molecule has 1 aliphatic heterocycles. The second kappa shape index (κ2) is 6.51. The molecular weight excluding hydrogens is 279 g/mol. The van der Waals surface area contributed by atoms with Crippen LogP contribution in [0.25, 0.3) is 0 Å². The molecule has 1 aliphatic rings. The zero-order chi connectivity index (χ0) is 15.4. The van der Waals surface area contributed by atoms with Gasteiger partial charge in [0.15, 0.2) is 5.82 Å². The zero-order valence-electron chi connectivity index (χ0n) is 11.5. The van der Waals surface area contributed by atoms with Crippen LogP contribution in [0, 0.1) is 21.8 Å². The molecule has 0 spiro atoms. The molecule has 0 aliphatic carbocycles. The average Bonchev–Trinajstić information content (AvgIpc) is 2.45. The van der Waals surface area contributed by atoms with Crippen molar-refractivity contribution in [3.8, 4) is 0 Å². The monoisotopic (exact) mass is 296 g/mol. The van der Waals surface area contributed by atoms with E-state index >= 15 is 0 Å². The molecule has 21 heavy (non-hydrogen) atoms. The third kappa shape index (κ3) is 3.90. The van der Waals surface area contributed by atoms with Crippen LogP contribution in [0.2, 0.25) is 0 Å². The number of rotatable bonds is 5. The van der Waals surface area contributed by atoms with Gasteiger partial charge in [0.2, 0.25) is 0 Å². The van der Waals surface area contributed by atoms with Gasteiger partial charge in [-0.1, -0.05) is 0 Å². The lowest BCUT2D eigenvalue weighted by molar-refractivity contribution is -0.385. The van der Waals surface area contributed by atoms with Gasteiger partial charge in [-0.3, -0.25) is 14.9 Å². The summed E-state index contributed by atoms with van der Waals surface area (Å²) in [5, 5.41) is 19.3. The maximum Gasteiger partial charge on any atom is 0.303 e. The molecule has 0 aromatic heterocycles. The molecule has 1 saturated heterocycles. The van der Waals surface area contributed by atoms with E-state index in [9.17, 15) is 19.3 Å². The highest BCUT2D eigenvalue weighted by atomic mass is 19.1. The lowest BCUT2D eigenvalue weighted by Gasteiger charge is -2.34. The molecule has 1 heterocycles. The normalized spacial score (nSPS) is 18.5. The van der Waals surface area contributed by atoms with E-state index in [0.717, 1.165) is 18.9 Å². The van der Waals surface area contributed by atoms with Crippen LogP contribution < -0.4 is 4.90 Å². The van der Waals surface area contributed by atoms with E-state index in [-0.39, 0.29) is 18.0 Å². The minimum atomic E-state index is -0.825. The summed E-state index contributed by atoms with van der Waals surface area (Å²) in [7, 11) is 0. The lowest BCUT2D eigenvalue weighted by Crippen LogP contribution is -2.36. The molecule has 7 heteroatoms. The Morgan fingerprint density at radius 3 is 2.90 bits per heavy atom. The summed E-state index contributed by atoms with van der Waals surface area (Å²) in [4.78, 5) is 22.4. The summed E-state index contributed by atoms with van der Waals surface area (Å²) in [6, 6.07) is 3.64. The number of carbonyl (C=O) groups is 1. The van der Waals surface area contributed by atoms with Crippen molar-refractivity contribution < 1.29 is 19.2 Å². The highest BCUT2D eigenvalue weighted by Gasteiger charge is 2.23. The van der Waals surface area contributed by atoms with Crippen molar-refractivity contribution in [1.82, 2.24) is 0 Å². The molecule has 1 fully saturated rings. The van der Waals surface area contributed by atoms with Gasteiger partial charge in [-0.15, -0.1) is 0 Å². The summed E-state index contributed by atoms with van der Waals surface area (Å²) in [6.45, 7) is 1.26. The molecule has 0 saturated carbocycles. The molecule has 0 amide bonds. The molecule has 0 radical (unpaired) electrons. The number of halogens is 1. The standard InChI is InChI=1S/C14H17FN2O4/c15-12-8-11(17(20)21)4-5-13(12)16-7-1-2-10(9-16)3-6-14(18)19/h4-5,8,10H,1-3,6-7,9H2,(H,18,19). The van der Waals surface area contributed by atoms with Crippen LogP contribution in [0.15, 0.2) is 18.2 Å². The number of nitro benzene ring substituents is 1. The first-order chi connectivity index (χ1) is 9.97. The van der Waals surface area contributed by atoms with Gasteiger partial charge < -0.3 is 10.0 Å². The van der Waals surface area contributed by atoms with Gasteiger partial charge in [0.1, 0.15) is 0 Å². The number of nitro groups is 1. The summed E-state index contributed by atoms with van der Waals surface area (Å²) >= 11 is 0. The van der Waals surface area contributed by atoms with Gasteiger partial charge in [-0.25, -0.2) is 4.39 Å². The van der Waals surface area contributed by atoms with Gasteiger partial charge in [-0.2, -0.15) is 0 Å².